The molecule has 2 N–H and O–H groups in total. The molecule has 0 spiro atoms. The Balaban J connectivity index is 1.52. The van der Waals surface area contributed by atoms with Gasteiger partial charge in [0.05, 0.1) is 0 Å². The van der Waals surface area contributed by atoms with Gasteiger partial charge < -0.3 is 20.4 Å². The van der Waals surface area contributed by atoms with E-state index in [-0.39, 0.29) is 0 Å². The summed E-state index contributed by atoms with van der Waals surface area (Å²) in [5.41, 5.74) is 5.56. The van der Waals surface area contributed by atoms with E-state index in [0.29, 0.717) is 0 Å². The lowest BCUT2D eigenvalue weighted by molar-refractivity contribution is 0.238. The largest absolute Gasteiger partial charge is 0.330 e. The Hall–Kier alpha value is -0.160. The molecule has 2 aliphatic heterocycles. The lowest BCUT2D eigenvalue weighted by Crippen LogP contribution is -2.33. The molecule has 2 heterocycles. The highest BCUT2D eigenvalue weighted by Gasteiger charge is 2.15. The SMILES string of the molecule is NCCCCCN1CCCN(CCCN2CCCC2)CC1. The van der Waals surface area contributed by atoms with E-state index < -0.39 is 0 Å². The minimum Gasteiger partial charge on any atom is -0.330 e. The van der Waals surface area contributed by atoms with E-state index in [1.807, 2.05) is 0 Å². The number of nitrogens with zero attached hydrogens (tertiary/aromatic N) is 3. The number of nitrogens with two attached hydrogens (primary N) is 1. The fourth-order valence-corrected chi connectivity index (χ4v) is 3.65. The molecular formula is C17H36N4. The third-order valence-electron chi connectivity index (χ3n) is 5.01. The van der Waals surface area contributed by atoms with Crippen molar-refractivity contribution in [2.24, 2.45) is 5.73 Å². The van der Waals surface area contributed by atoms with Gasteiger partial charge in [-0.05, 0) is 90.9 Å². The van der Waals surface area contributed by atoms with Crippen LogP contribution in [0.15, 0.2) is 0 Å². The molecule has 4 heteroatoms. The Bertz CT molecular complexity index is 253. The van der Waals surface area contributed by atoms with Crippen molar-refractivity contribution in [1.82, 2.24) is 14.7 Å². The third kappa shape index (κ3) is 7.09. The van der Waals surface area contributed by atoms with Crippen LogP contribution in [0.25, 0.3) is 0 Å². The molecule has 0 aromatic heterocycles. The first-order chi connectivity index (χ1) is 10.4. The summed E-state index contributed by atoms with van der Waals surface area (Å²) in [7, 11) is 0. The normalized spacial score (nSPS) is 22.7. The first kappa shape index (κ1) is 17.2. The Morgan fingerprint density at radius 3 is 1.67 bits per heavy atom. The lowest BCUT2D eigenvalue weighted by Gasteiger charge is -2.23. The van der Waals surface area contributed by atoms with Crippen molar-refractivity contribution in [2.75, 3.05) is 65.4 Å². The molecule has 0 unspecified atom stereocenters. The van der Waals surface area contributed by atoms with Crippen LogP contribution in [0.2, 0.25) is 0 Å². The molecule has 2 saturated heterocycles. The fourth-order valence-electron chi connectivity index (χ4n) is 3.65. The summed E-state index contributed by atoms with van der Waals surface area (Å²) in [4.78, 5) is 7.99. The summed E-state index contributed by atoms with van der Waals surface area (Å²) in [5, 5.41) is 0. The fraction of sp³-hybridized carbons (Fsp3) is 1.00. The van der Waals surface area contributed by atoms with Gasteiger partial charge in [0, 0.05) is 13.1 Å². The van der Waals surface area contributed by atoms with Gasteiger partial charge in [-0.1, -0.05) is 6.42 Å². The van der Waals surface area contributed by atoms with Crippen molar-refractivity contribution in [1.29, 1.82) is 0 Å². The van der Waals surface area contributed by atoms with E-state index in [1.54, 1.807) is 0 Å². The maximum Gasteiger partial charge on any atom is 0.0109 e. The topological polar surface area (TPSA) is 35.7 Å². The van der Waals surface area contributed by atoms with Crippen LogP contribution in [0.5, 0.6) is 0 Å². The van der Waals surface area contributed by atoms with Gasteiger partial charge in [-0.2, -0.15) is 0 Å². The van der Waals surface area contributed by atoms with Gasteiger partial charge in [-0.15, -0.1) is 0 Å². The number of hydrogen-bond acceptors (Lipinski definition) is 4. The molecule has 0 aliphatic carbocycles. The standard InChI is InChI=1S/C17H36N4/c18-8-2-1-3-9-20-13-7-15-21(17-16-20)14-6-12-19-10-4-5-11-19/h1-18H2. The molecule has 2 fully saturated rings. The van der Waals surface area contributed by atoms with E-state index in [2.05, 4.69) is 14.7 Å². The van der Waals surface area contributed by atoms with Gasteiger partial charge in [0.15, 0.2) is 0 Å². The number of rotatable bonds is 9. The zero-order valence-corrected chi connectivity index (χ0v) is 13.9. The van der Waals surface area contributed by atoms with E-state index >= 15 is 0 Å². The summed E-state index contributed by atoms with van der Waals surface area (Å²) in [6.45, 7) is 12.6. The molecule has 0 atom stereocenters. The molecule has 0 bridgehead atoms. The summed E-state index contributed by atoms with van der Waals surface area (Å²) in [5.74, 6) is 0. The van der Waals surface area contributed by atoms with Gasteiger partial charge in [-0.25, -0.2) is 0 Å². The highest BCUT2D eigenvalue weighted by molar-refractivity contribution is 4.71. The number of likely N-dealkylation sites (tertiary alicyclic amines) is 1. The number of hydrogen-bond donors (Lipinski definition) is 1. The highest BCUT2D eigenvalue weighted by Crippen LogP contribution is 2.09. The quantitative estimate of drug-likeness (QED) is 0.656. The predicted octanol–water partition coefficient (Wildman–Crippen LogP) is 1.61. The van der Waals surface area contributed by atoms with Crippen LogP contribution in [0.3, 0.4) is 0 Å². The van der Waals surface area contributed by atoms with Gasteiger partial charge in [0.1, 0.15) is 0 Å². The first-order valence-corrected chi connectivity index (χ1v) is 9.25. The Kier molecular flexibility index (Phi) is 8.64. The number of unbranched alkanes of at least 4 members (excludes halogenated alkanes) is 2. The summed E-state index contributed by atoms with van der Waals surface area (Å²) >= 11 is 0. The minimum atomic E-state index is 0.852. The summed E-state index contributed by atoms with van der Waals surface area (Å²) in [6.07, 6.45) is 9.36. The van der Waals surface area contributed by atoms with Crippen molar-refractivity contribution in [3.8, 4) is 0 Å². The third-order valence-corrected chi connectivity index (χ3v) is 5.01. The predicted molar refractivity (Wildman–Crippen MR) is 90.7 cm³/mol. The zero-order valence-electron chi connectivity index (χ0n) is 13.9. The minimum absolute atomic E-state index is 0.852. The molecule has 0 radical (unpaired) electrons. The van der Waals surface area contributed by atoms with Crippen molar-refractivity contribution < 1.29 is 0 Å². The van der Waals surface area contributed by atoms with Crippen LogP contribution < -0.4 is 5.73 Å². The summed E-state index contributed by atoms with van der Waals surface area (Å²) in [6, 6.07) is 0. The molecule has 0 amide bonds. The first-order valence-electron chi connectivity index (χ1n) is 9.25. The van der Waals surface area contributed by atoms with E-state index in [9.17, 15) is 0 Å². The van der Waals surface area contributed by atoms with Crippen molar-refractivity contribution >= 4 is 0 Å². The zero-order chi connectivity index (χ0) is 14.8. The van der Waals surface area contributed by atoms with Gasteiger partial charge >= 0.3 is 0 Å². The monoisotopic (exact) mass is 296 g/mol. The average molecular weight is 297 g/mol. The Labute approximate surface area is 131 Å². The molecule has 0 saturated carbocycles. The molecule has 124 valence electrons. The van der Waals surface area contributed by atoms with Gasteiger partial charge in [0.2, 0.25) is 0 Å². The molecule has 2 rings (SSSR count). The van der Waals surface area contributed by atoms with E-state index in [4.69, 9.17) is 5.73 Å². The lowest BCUT2D eigenvalue weighted by atomic mass is 10.2. The van der Waals surface area contributed by atoms with Crippen LogP contribution in [0.4, 0.5) is 0 Å². The molecule has 0 aromatic carbocycles. The van der Waals surface area contributed by atoms with Crippen molar-refractivity contribution in [2.45, 2.75) is 44.9 Å². The second-order valence-electron chi connectivity index (χ2n) is 6.79. The molecular weight excluding hydrogens is 260 g/mol. The van der Waals surface area contributed by atoms with Crippen molar-refractivity contribution in [3.63, 3.8) is 0 Å². The van der Waals surface area contributed by atoms with E-state index in [0.717, 1.165) is 6.54 Å². The molecule has 2 aliphatic rings. The Morgan fingerprint density at radius 2 is 1.05 bits per heavy atom. The van der Waals surface area contributed by atoms with Crippen LogP contribution >= 0.6 is 0 Å². The Morgan fingerprint density at radius 1 is 0.524 bits per heavy atom. The maximum atomic E-state index is 5.56. The van der Waals surface area contributed by atoms with Crippen LogP contribution in [0.1, 0.15) is 44.9 Å². The molecule has 4 nitrogen and oxygen atoms in total. The molecule has 0 aromatic rings. The van der Waals surface area contributed by atoms with E-state index in [1.165, 1.54) is 104 Å². The highest BCUT2D eigenvalue weighted by atomic mass is 15.2. The molecule has 21 heavy (non-hydrogen) atoms. The second kappa shape index (κ2) is 10.5. The van der Waals surface area contributed by atoms with Crippen molar-refractivity contribution in [3.05, 3.63) is 0 Å². The summed E-state index contributed by atoms with van der Waals surface area (Å²) < 4.78 is 0. The van der Waals surface area contributed by atoms with Crippen LogP contribution in [-0.4, -0.2) is 80.1 Å². The van der Waals surface area contributed by atoms with Crippen LogP contribution in [-0.2, 0) is 0 Å². The van der Waals surface area contributed by atoms with Gasteiger partial charge in [-0.3, -0.25) is 0 Å². The van der Waals surface area contributed by atoms with Gasteiger partial charge in [0.25, 0.3) is 0 Å². The smallest absolute Gasteiger partial charge is 0.0109 e. The average Bonchev–Trinajstić information content (AvgIpc) is 2.91. The second-order valence-corrected chi connectivity index (χ2v) is 6.79. The maximum absolute atomic E-state index is 5.56. The van der Waals surface area contributed by atoms with Crippen LogP contribution in [0, 0.1) is 0 Å².